The van der Waals surface area contributed by atoms with Crippen LogP contribution in [0.3, 0.4) is 0 Å². The summed E-state index contributed by atoms with van der Waals surface area (Å²) in [6, 6.07) is 9.82. The molecule has 1 spiro atoms. The van der Waals surface area contributed by atoms with Crippen molar-refractivity contribution < 1.29 is 24.0 Å². The number of nitrogens with zero attached hydrogens (tertiary/aromatic N) is 2. The molecule has 190 valence electrons. The van der Waals surface area contributed by atoms with Crippen molar-refractivity contribution in [3.63, 3.8) is 0 Å². The first-order valence-electron chi connectivity index (χ1n) is 12.2. The van der Waals surface area contributed by atoms with Crippen molar-refractivity contribution in [2.45, 2.75) is 42.4 Å². The minimum absolute atomic E-state index is 0.0138. The van der Waals surface area contributed by atoms with Crippen LogP contribution in [0.15, 0.2) is 54.6 Å². The van der Waals surface area contributed by atoms with Gasteiger partial charge in [-0.1, -0.05) is 12.1 Å². The van der Waals surface area contributed by atoms with Crippen LogP contribution >= 0.6 is 0 Å². The number of carbonyl (C=O) groups is 2. The topological polar surface area (TPSA) is 111 Å². The summed E-state index contributed by atoms with van der Waals surface area (Å²) in [5.41, 5.74) is -0.204. The highest BCUT2D eigenvalue weighted by Crippen LogP contribution is 2.67. The average molecular weight is 502 g/mol. The summed E-state index contributed by atoms with van der Waals surface area (Å²) in [4.78, 5) is 39.7. The van der Waals surface area contributed by atoms with Crippen molar-refractivity contribution in [3.8, 4) is 11.5 Å². The molecule has 0 radical (unpaired) electrons. The van der Waals surface area contributed by atoms with Crippen molar-refractivity contribution in [1.82, 2.24) is 10.2 Å². The molecule has 4 aliphatic rings. The van der Waals surface area contributed by atoms with Crippen LogP contribution in [0.2, 0.25) is 0 Å². The van der Waals surface area contributed by atoms with Gasteiger partial charge in [0.25, 0.3) is 5.69 Å². The second kappa shape index (κ2) is 7.76. The lowest BCUT2D eigenvalue weighted by Gasteiger charge is -2.65. The highest BCUT2D eigenvalue weighted by Gasteiger charge is 2.77. The fourth-order valence-electron chi connectivity index (χ4n) is 7.10. The Kier molecular flexibility index (Phi) is 4.91. The van der Waals surface area contributed by atoms with E-state index in [-0.39, 0.29) is 23.4 Å². The van der Waals surface area contributed by atoms with Gasteiger partial charge in [0.1, 0.15) is 0 Å². The third-order valence-corrected chi connectivity index (χ3v) is 8.82. The Labute approximate surface area is 213 Å². The van der Waals surface area contributed by atoms with Gasteiger partial charge in [-0.05, 0) is 74.8 Å². The summed E-state index contributed by atoms with van der Waals surface area (Å²) in [7, 11) is 3.63. The Morgan fingerprint density at radius 2 is 2.03 bits per heavy atom. The van der Waals surface area contributed by atoms with Crippen LogP contribution in [0.4, 0.5) is 5.69 Å². The zero-order valence-electron chi connectivity index (χ0n) is 20.8. The highest BCUT2D eigenvalue weighted by molar-refractivity contribution is 6.03. The number of non-ortho nitro benzene ring substituents is 1. The molecule has 37 heavy (non-hydrogen) atoms. The number of ketones is 1. The maximum Gasteiger partial charge on any atom is 0.269 e. The number of piperidine rings is 1. The van der Waals surface area contributed by atoms with Crippen LogP contribution in [0.25, 0.3) is 6.08 Å². The zero-order valence-corrected chi connectivity index (χ0v) is 20.8. The van der Waals surface area contributed by atoms with E-state index in [9.17, 15) is 19.7 Å². The number of nitro benzene ring substituents is 1. The lowest BCUT2D eigenvalue weighted by molar-refractivity contribution is -0.384. The number of hydrogen-bond acceptors (Lipinski definition) is 7. The molecule has 2 heterocycles. The van der Waals surface area contributed by atoms with E-state index >= 15 is 0 Å². The molecule has 9 heteroatoms. The molecule has 1 N–H and O–H groups in total. The summed E-state index contributed by atoms with van der Waals surface area (Å²) in [5.74, 6) is 0.710. The number of benzene rings is 2. The van der Waals surface area contributed by atoms with Gasteiger partial charge in [-0.3, -0.25) is 19.7 Å². The largest absolute Gasteiger partial charge is 0.493 e. The van der Waals surface area contributed by atoms with Crippen molar-refractivity contribution in [3.05, 3.63) is 81.4 Å². The number of methoxy groups -OCH3 is 1. The number of hydrogen-bond donors (Lipinski definition) is 1. The summed E-state index contributed by atoms with van der Waals surface area (Å²) in [6.45, 7) is 2.58. The number of nitro groups is 1. The second-order valence-electron chi connectivity index (χ2n) is 10.4. The lowest BCUT2D eigenvalue weighted by atomic mass is 9.45. The molecule has 0 aromatic heterocycles. The van der Waals surface area contributed by atoms with Crippen molar-refractivity contribution >= 4 is 23.5 Å². The summed E-state index contributed by atoms with van der Waals surface area (Å²) >= 11 is 0. The van der Waals surface area contributed by atoms with Gasteiger partial charge < -0.3 is 19.7 Å². The minimum Gasteiger partial charge on any atom is -0.493 e. The molecule has 2 aromatic carbocycles. The van der Waals surface area contributed by atoms with Gasteiger partial charge in [0, 0.05) is 29.8 Å². The molecular weight excluding hydrogens is 474 g/mol. The Bertz CT molecular complexity index is 1420. The molecule has 6 rings (SSSR count). The minimum atomic E-state index is -1.21. The standard InChI is InChI=1S/C28H27N3O6/c1-26-22(32)12-13-28(29-23(33)11-6-17-4-8-19(9-5-17)31(34)35)21-16-18-7-10-20(36-3)25(37-26)24(18)27(26,28)14-15-30(21)2/h4-13,21H,14-16H2,1-3H3,(H,29,33)/b11-6+/t21?,26-,27?,28+/m0/s1. The first-order chi connectivity index (χ1) is 17.7. The molecule has 9 nitrogen and oxygen atoms in total. The number of carbonyl (C=O) groups excluding carboxylic acids is 2. The third kappa shape index (κ3) is 2.88. The van der Waals surface area contributed by atoms with E-state index in [0.29, 0.717) is 29.9 Å². The first-order valence-corrected chi connectivity index (χ1v) is 12.2. The Morgan fingerprint density at radius 1 is 1.27 bits per heavy atom. The monoisotopic (exact) mass is 501 g/mol. The lowest BCUT2D eigenvalue weighted by Crippen LogP contribution is -2.82. The van der Waals surface area contributed by atoms with Gasteiger partial charge in [0.05, 0.1) is 23.0 Å². The van der Waals surface area contributed by atoms with E-state index in [1.807, 2.05) is 32.2 Å². The van der Waals surface area contributed by atoms with E-state index in [4.69, 9.17) is 9.47 Å². The molecular formula is C28H27N3O6. The molecule has 2 aliphatic carbocycles. The number of likely N-dealkylation sites (tertiary alicyclic amines) is 1. The van der Waals surface area contributed by atoms with Gasteiger partial charge in [-0.25, -0.2) is 0 Å². The molecule has 2 aromatic rings. The SMILES string of the molecule is COc1ccc2c3c1O[C@@]1(C)C(=O)C=C[C@@]4(NC(=O)/C=C/c5ccc([N+](=O)[O-])cc5)C(C2)N(C)CCC314. The van der Waals surface area contributed by atoms with Crippen molar-refractivity contribution in [1.29, 1.82) is 0 Å². The fourth-order valence-corrected chi connectivity index (χ4v) is 7.10. The second-order valence-corrected chi connectivity index (χ2v) is 10.4. The average Bonchev–Trinajstić information content (AvgIpc) is 3.17. The Morgan fingerprint density at radius 3 is 2.73 bits per heavy atom. The van der Waals surface area contributed by atoms with Gasteiger partial charge in [-0.15, -0.1) is 0 Å². The van der Waals surface area contributed by atoms with Gasteiger partial charge in [-0.2, -0.15) is 0 Å². The highest BCUT2D eigenvalue weighted by atomic mass is 16.6. The maximum absolute atomic E-state index is 13.5. The Hall–Kier alpha value is -3.98. The van der Waals surface area contributed by atoms with E-state index in [1.54, 1.807) is 31.4 Å². The summed E-state index contributed by atoms with van der Waals surface area (Å²) in [5, 5.41) is 14.2. The molecule has 2 bridgehead atoms. The third-order valence-electron chi connectivity index (χ3n) is 8.82. The quantitative estimate of drug-likeness (QED) is 0.381. The van der Waals surface area contributed by atoms with Gasteiger partial charge in [0.2, 0.25) is 5.91 Å². The van der Waals surface area contributed by atoms with E-state index < -0.39 is 21.5 Å². The molecule has 2 aliphatic heterocycles. The summed E-state index contributed by atoms with van der Waals surface area (Å²) in [6.07, 6.45) is 7.77. The van der Waals surface area contributed by atoms with Crippen LogP contribution in [0.1, 0.15) is 30.0 Å². The van der Waals surface area contributed by atoms with Crippen LogP contribution in [-0.2, 0) is 21.4 Å². The predicted molar refractivity (Wildman–Crippen MR) is 136 cm³/mol. The van der Waals surface area contributed by atoms with Crippen LogP contribution in [0, 0.1) is 10.1 Å². The molecule has 1 saturated heterocycles. The van der Waals surface area contributed by atoms with Crippen LogP contribution in [-0.4, -0.2) is 59.4 Å². The molecule has 1 fully saturated rings. The summed E-state index contributed by atoms with van der Waals surface area (Å²) < 4.78 is 12.2. The molecule has 2 unspecified atom stereocenters. The molecule has 0 saturated carbocycles. The van der Waals surface area contributed by atoms with Crippen molar-refractivity contribution in [2.75, 3.05) is 20.7 Å². The number of amides is 1. The number of rotatable bonds is 5. The predicted octanol–water partition coefficient (Wildman–Crippen LogP) is 2.96. The number of likely N-dealkylation sites (N-methyl/N-ethyl adjacent to an activating group) is 1. The van der Waals surface area contributed by atoms with Gasteiger partial charge >= 0.3 is 0 Å². The zero-order chi connectivity index (χ0) is 26.2. The van der Waals surface area contributed by atoms with E-state index in [0.717, 1.165) is 17.7 Å². The molecule has 1 amide bonds. The fraction of sp³-hybridized carbons (Fsp3) is 0.357. The van der Waals surface area contributed by atoms with Crippen LogP contribution in [0.5, 0.6) is 11.5 Å². The van der Waals surface area contributed by atoms with Crippen LogP contribution < -0.4 is 14.8 Å². The van der Waals surface area contributed by atoms with Crippen molar-refractivity contribution in [2.24, 2.45) is 0 Å². The van der Waals surface area contributed by atoms with Gasteiger partial charge in [0.15, 0.2) is 22.9 Å². The molecule has 4 atom stereocenters. The Balaban J connectivity index is 1.46. The normalized spacial score (nSPS) is 31.1. The van der Waals surface area contributed by atoms with E-state index in [2.05, 4.69) is 10.2 Å². The number of nitrogens with one attached hydrogen (secondary N) is 1. The first kappa shape index (κ1) is 23.4. The maximum atomic E-state index is 13.5. The van der Waals surface area contributed by atoms with E-state index in [1.165, 1.54) is 18.2 Å². The smallest absolute Gasteiger partial charge is 0.269 e. The number of ether oxygens (including phenoxy) is 2.